The molecule has 0 aliphatic rings. The van der Waals surface area contributed by atoms with Crippen LogP contribution in [0.1, 0.15) is 0 Å². The molecule has 0 saturated heterocycles. The Morgan fingerprint density at radius 3 is 2.52 bits per heavy atom. The van der Waals surface area contributed by atoms with Gasteiger partial charge in [-0.1, -0.05) is 0 Å². The first-order valence-electron chi connectivity index (χ1n) is 6.95. The number of nitro benzene ring substituents is 1. The van der Waals surface area contributed by atoms with Gasteiger partial charge in [-0.3, -0.25) is 10.1 Å². The van der Waals surface area contributed by atoms with Crippen LogP contribution in [0.2, 0.25) is 0 Å². The number of nitrogens with zero attached hydrogens (tertiary/aromatic N) is 2. The molecule has 0 spiro atoms. The first-order chi connectivity index (χ1) is 10.8. The average molecular weight is 346 g/mol. The van der Waals surface area contributed by atoms with Crippen LogP contribution in [0.4, 0.5) is 11.4 Å². The van der Waals surface area contributed by atoms with Crippen molar-refractivity contribution in [3.8, 4) is 0 Å². The van der Waals surface area contributed by atoms with Crippen molar-refractivity contribution in [1.82, 2.24) is 9.62 Å². The van der Waals surface area contributed by atoms with Gasteiger partial charge in [0.15, 0.2) is 0 Å². The van der Waals surface area contributed by atoms with E-state index in [1.54, 1.807) is 7.11 Å². The fourth-order valence-electron chi connectivity index (χ4n) is 1.77. The van der Waals surface area contributed by atoms with Crippen LogP contribution in [0.25, 0.3) is 0 Å². The molecule has 0 atom stereocenters. The van der Waals surface area contributed by atoms with Crippen molar-refractivity contribution in [3.05, 3.63) is 28.3 Å². The Morgan fingerprint density at radius 1 is 1.26 bits per heavy atom. The molecule has 0 amide bonds. The Balaban J connectivity index is 2.83. The molecular weight excluding hydrogens is 324 g/mol. The lowest BCUT2D eigenvalue weighted by atomic mass is 10.2. The molecule has 2 N–H and O–H groups in total. The van der Waals surface area contributed by atoms with Gasteiger partial charge in [0.1, 0.15) is 5.69 Å². The van der Waals surface area contributed by atoms with E-state index in [9.17, 15) is 18.5 Å². The molecule has 0 aromatic heterocycles. The second kappa shape index (κ2) is 8.77. The van der Waals surface area contributed by atoms with E-state index in [0.717, 1.165) is 10.4 Å². The largest absolute Gasteiger partial charge is 0.383 e. The van der Waals surface area contributed by atoms with E-state index < -0.39 is 14.9 Å². The van der Waals surface area contributed by atoms with E-state index >= 15 is 0 Å². The minimum atomic E-state index is -3.71. The minimum Gasteiger partial charge on any atom is -0.383 e. The van der Waals surface area contributed by atoms with Gasteiger partial charge >= 0.3 is 0 Å². The Hall–Kier alpha value is -1.75. The molecule has 0 fully saturated rings. The van der Waals surface area contributed by atoms with Crippen molar-refractivity contribution in [3.63, 3.8) is 0 Å². The number of anilines is 1. The first kappa shape index (κ1) is 19.3. The Kier molecular flexibility index (Phi) is 7.36. The highest BCUT2D eigenvalue weighted by atomic mass is 32.2. The number of sulfonamides is 1. The third kappa shape index (κ3) is 5.43. The standard InChI is InChI=1S/C13H22N4O5S/c1-16(2)23(20,21)11-4-5-12(13(10-11)17(18)19)15-7-6-14-8-9-22-3/h4-5,10,14-15H,6-9H2,1-3H3. The van der Waals surface area contributed by atoms with E-state index in [1.165, 1.54) is 26.2 Å². The quantitative estimate of drug-likeness (QED) is 0.360. The molecular formula is C13H22N4O5S. The predicted octanol–water partition coefficient (Wildman–Crippen LogP) is 0.493. The molecule has 130 valence electrons. The van der Waals surface area contributed by atoms with E-state index in [4.69, 9.17) is 4.74 Å². The topological polar surface area (TPSA) is 114 Å². The van der Waals surface area contributed by atoms with Crippen LogP contribution in [-0.4, -0.2) is 65.1 Å². The summed E-state index contributed by atoms with van der Waals surface area (Å²) in [6.07, 6.45) is 0. The Morgan fingerprint density at radius 2 is 1.96 bits per heavy atom. The summed E-state index contributed by atoms with van der Waals surface area (Å²) in [4.78, 5) is 10.5. The molecule has 23 heavy (non-hydrogen) atoms. The van der Waals surface area contributed by atoms with Crippen LogP contribution >= 0.6 is 0 Å². The molecule has 10 heteroatoms. The lowest BCUT2D eigenvalue weighted by Crippen LogP contribution is -2.25. The van der Waals surface area contributed by atoms with Crippen LogP contribution in [0.3, 0.4) is 0 Å². The fraction of sp³-hybridized carbons (Fsp3) is 0.538. The third-order valence-corrected chi connectivity index (χ3v) is 4.86. The lowest BCUT2D eigenvalue weighted by molar-refractivity contribution is -0.384. The minimum absolute atomic E-state index is 0.113. The maximum atomic E-state index is 12.0. The van der Waals surface area contributed by atoms with Crippen molar-refractivity contribution >= 4 is 21.4 Å². The van der Waals surface area contributed by atoms with Gasteiger partial charge in [-0.15, -0.1) is 0 Å². The van der Waals surface area contributed by atoms with Crippen molar-refractivity contribution in [2.24, 2.45) is 0 Å². The molecule has 0 aliphatic carbocycles. The number of rotatable bonds is 10. The smallest absolute Gasteiger partial charge is 0.293 e. The third-order valence-electron chi connectivity index (χ3n) is 3.04. The molecule has 0 saturated carbocycles. The summed E-state index contributed by atoms with van der Waals surface area (Å²) in [5.41, 5.74) is 0.00561. The number of ether oxygens (including phenoxy) is 1. The van der Waals surface area contributed by atoms with Gasteiger partial charge in [0.2, 0.25) is 10.0 Å². The van der Waals surface area contributed by atoms with Gasteiger partial charge in [-0.05, 0) is 12.1 Å². The summed E-state index contributed by atoms with van der Waals surface area (Å²) in [5.74, 6) is 0. The maximum Gasteiger partial charge on any atom is 0.293 e. The number of methoxy groups -OCH3 is 1. The van der Waals surface area contributed by atoms with Crippen molar-refractivity contribution < 1.29 is 18.1 Å². The number of nitro groups is 1. The number of nitrogens with one attached hydrogen (secondary N) is 2. The second-order valence-electron chi connectivity index (χ2n) is 4.89. The molecule has 9 nitrogen and oxygen atoms in total. The molecule has 0 heterocycles. The van der Waals surface area contributed by atoms with Crippen LogP contribution in [-0.2, 0) is 14.8 Å². The zero-order valence-electron chi connectivity index (χ0n) is 13.4. The van der Waals surface area contributed by atoms with Gasteiger partial charge in [-0.25, -0.2) is 12.7 Å². The Labute approximate surface area is 135 Å². The highest BCUT2D eigenvalue weighted by molar-refractivity contribution is 7.89. The van der Waals surface area contributed by atoms with Gasteiger partial charge < -0.3 is 15.4 Å². The summed E-state index contributed by atoms with van der Waals surface area (Å²) >= 11 is 0. The molecule has 1 aromatic carbocycles. The van der Waals surface area contributed by atoms with Crippen LogP contribution < -0.4 is 10.6 Å². The Bertz CT molecular complexity index is 633. The van der Waals surface area contributed by atoms with Crippen LogP contribution in [0, 0.1) is 10.1 Å². The normalized spacial score (nSPS) is 11.7. The van der Waals surface area contributed by atoms with Gasteiger partial charge in [0.25, 0.3) is 5.69 Å². The summed E-state index contributed by atoms with van der Waals surface area (Å²) in [6, 6.07) is 3.82. The van der Waals surface area contributed by atoms with Gasteiger partial charge in [0.05, 0.1) is 16.4 Å². The zero-order chi connectivity index (χ0) is 17.5. The zero-order valence-corrected chi connectivity index (χ0v) is 14.2. The van der Waals surface area contributed by atoms with Gasteiger partial charge in [0, 0.05) is 46.9 Å². The SMILES string of the molecule is COCCNCCNc1ccc(S(=O)(=O)N(C)C)cc1[N+](=O)[O-]. The van der Waals surface area contributed by atoms with E-state index in [-0.39, 0.29) is 16.3 Å². The summed E-state index contributed by atoms with van der Waals surface area (Å²) < 4.78 is 30.0. The number of hydrogen-bond donors (Lipinski definition) is 2. The fourth-order valence-corrected chi connectivity index (χ4v) is 2.69. The molecule has 0 aliphatic heterocycles. The van der Waals surface area contributed by atoms with Crippen molar-refractivity contribution in [1.29, 1.82) is 0 Å². The van der Waals surface area contributed by atoms with E-state index in [0.29, 0.717) is 26.2 Å². The summed E-state index contributed by atoms with van der Waals surface area (Å²) in [5, 5.41) is 17.2. The predicted molar refractivity (Wildman–Crippen MR) is 87.2 cm³/mol. The van der Waals surface area contributed by atoms with Crippen LogP contribution in [0.15, 0.2) is 23.1 Å². The van der Waals surface area contributed by atoms with E-state index in [1.807, 2.05) is 0 Å². The molecule has 0 unspecified atom stereocenters. The number of benzene rings is 1. The lowest BCUT2D eigenvalue weighted by Gasteiger charge is -2.13. The van der Waals surface area contributed by atoms with Crippen LogP contribution in [0.5, 0.6) is 0 Å². The number of hydrogen-bond acceptors (Lipinski definition) is 7. The van der Waals surface area contributed by atoms with Crippen molar-refractivity contribution in [2.45, 2.75) is 4.90 Å². The summed E-state index contributed by atoms with van der Waals surface area (Å²) in [7, 11) is 0.642. The summed E-state index contributed by atoms with van der Waals surface area (Å²) in [6.45, 7) is 2.32. The molecule has 1 rings (SSSR count). The maximum absolute atomic E-state index is 12.0. The average Bonchev–Trinajstić information content (AvgIpc) is 2.50. The van der Waals surface area contributed by atoms with Gasteiger partial charge in [-0.2, -0.15) is 0 Å². The van der Waals surface area contributed by atoms with E-state index in [2.05, 4.69) is 10.6 Å². The molecule has 0 bridgehead atoms. The first-order valence-corrected chi connectivity index (χ1v) is 8.39. The molecule has 1 aromatic rings. The second-order valence-corrected chi connectivity index (χ2v) is 7.04. The highest BCUT2D eigenvalue weighted by Gasteiger charge is 2.22. The monoisotopic (exact) mass is 346 g/mol. The molecule has 0 radical (unpaired) electrons. The highest BCUT2D eigenvalue weighted by Crippen LogP contribution is 2.28. The van der Waals surface area contributed by atoms with Crippen molar-refractivity contribution in [2.75, 3.05) is 52.8 Å².